The Morgan fingerprint density at radius 2 is 1.90 bits per heavy atom. The minimum Gasteiger partial charge on any atom is -0.377 e. The molecule has 2 aromatic rings. The number of carbonyl (C=O) groups is 1. The van der Waals surface area contributed by atoms with Gasteiger partial charge in [-0.25, -0.2) is 17.2 Å². The molecule has 30 heavy (non-hydrogen) atoms. The van der Waals surface area contributed by atoms with Crippen LogP contribution in [0.15, 0.2) is 41.3 Å². The second-order valence-corrected chi connectivity index (χ2v) is 9.27. The number of rotatable bonds is 7. The van der Waals surface area contributed by atoms with Crippen LogP contribution >= 0.6 is 0 Å². The fourth-order valence-electron chi connectivity index (χ4n) is 3.33. The van der Waals surface area contributed by atoms with Gasteiger partial charge in [0, 0.05) is 24.9 Å². The van der Waals surface area contributed by atoms with Gasteiger partial charge in [0.05, 0.1) is 17.5 Å². The molecular formula is C21H24F2N2O4S. The van der Waals surface area contributed by atoms with Gasteiger partial charge in [-0.3, -0.25) is 4.79 Å². The number of benzene rings is 2. The first kappa shape index (κ1) is 22.3. The van der Waals surface area contributed by atoms with Gasteiger partial charge >= 0.3 is 0 Å². The summed E-state index contributed by atoms with van der Waals surface area (Å²) in [4.78, 5) is 12.1. The first-order valence-electron chi connectivity index (χ1n) is 9.61. The zero-order chi connectivity index (χ0) is 21.9. The smallest absolute Gasteiger partial charge is 0.243 e. The molecule has 0 aliphatic carbocycles. The zero-order valence-corrected chi connectivity index (χ0v) is 17.6. The molecule has 1 N–H and O–H groups in total. The summed E-state index contributed by atoms with van der Waals surface area (Å²) in [6.07, 6.45) is 1.04. The highest BCUT2D eigenvalue weighted by Gasteiger charge is 2.31. The molecule has 3 rings (SSSR count). The molecule has 0 spiro atoms. The zero-order valence-electron chi connectivity index (χ0n) is 16.8. The number of aryl methyl sites for hydroxylation is 1. The maximum Gasteiger partial charge on any atom is 0.243 e. The van der Waals surface area contributed by atoms with Crippen molar-refractivity contribution in [3.63, 3.8) is 0 Å². The lowest BCUT2D eigenvalue weighted by Crippen LogP contribution is -2.42. The number of ether oxygens (including phenoxy) is 1. The van der Waals surface area contributed by atoms with Crippen LogP contribution in [0, 0.1) is 25.5 Å². The number of hydrogen-bond acceptors (Lipinski definition) is 4. The van der Waals surface area contributed by atoms with Crippen LogP contribution in [-0.4, -0.2) is 44.4 Å². The maximum absolute atomic E-state index is 13.6. The monoisotopic (exact) mass is 438 g/mol. The molecule has 0 radical (unpaired) electrons. The van der Waals surface area contributed by atoms with E-state index in [2.05, 4.69) is 5.32 Å². The molecular weight excluding hydrogens is 414 g/mol. The van der Waals surface area contributed by atoms with Crippen LogP contribution in [-0.2, 0) is 19.6 Å². The number of nitrogens with zero attached hydrogens (tertiary/aromatic N) is 1. The highest BCUT2D eigenvalue weighted by Crippen LogP contribution is 2.23. The summed E-state index contributed by atoms with van der Waals surface area (Å²) in [6.45, 7) is 3.66. The Kier molecular flexibility index (Phi) is 6.84. The van der Waals surface area contributed by atoms with Gasteiger partial charge in [-0.1, -0.05) is 12.1 Å². The molecule has 1 aliphatic rings. The van der Waals surface area contributed by atoms with Gasteiger partial charge in [-0.15, -0.1) is 0 Å². The predicted molar refractivity (Wildman–Crippen MR) is 109 cm³/mol. The van der Waals surface area contributed by atoms with E-state index in [1.807, 2.05) is 19.9 Å². The Hall–Kier alpha value is -2.36. The Balaban J connectivity index is 1.86. The SMILES string of the molecule is Cc1cccc(NC(=O)CN(CC2CCCO2)S(=O)(=O)c2cc(F)cc(F)c2)c1C. The minimum atomic E-state index is -4.33. The second kappa shape index (κ2) is 9.20. The van der Waals surface area contributed by atoms with Gasteiger partial charge in [-0.05, 0) is 56.0 Å². The van der Waals surface area contributed by atoms with Crippen molar-refractivity contribution < 1.29 is 26.7 Å². The second-order valence-electron chi connectivity index (χ2n) is 7.33. The first-order valence-corrected chi connectivity index (χ1v) is 11.0. The van der Waals surface area contributed by atoms with E-state index in [9.17, 15) is 22.0 Å². The molecule has 162 valence electrons. The van der Waals surface area contributed by atoms with Crippen LogP contribution in [0.3, 0.4) is 0 Å². The minimum absolute atomic E-state index is 0.0827. The van der Waals surface area contributed by atoms with Crippen LogP contribution in [0.5, 0.6) is 0 Å². The number of anilines is 1. The molecule has 6 nitrogen and oxygen atoms in total. The lowest BCUT2D eigenvalue weighted by molar-refractivity contribution is -0.116. The molecule has 1 amide bonds. The molecule has 0 bridgehead atoms. The van der Waals surface area contributed by atoms with E-state index < -0.39 is 39.0 Å². The van der Waals surface area contributed by atoms with Crippen molar-refractivity contribution in [2.75, 3.05) is 25.0 Å². The summed E-state index contributed by atoms with van der Waals surface area (Å²) >= 11 is 0. The van der Waals surface area contributed by atoms with Gasteiger partial charge in [0.1, 0.15) is 11.6 Å². The first-order chi connectivity index (χ1) is 14.2. The van der Waals surface area contributed by atoms with Crippen molar-refractivity contribution in [2.45, 2.75) is 37.7 Å². The summed E-state index contributed by atoms with van der Waals surface area (Å²) < 4.78 is 59.9. The molecule has 1 heterocycles. The molecule has 9 heteroatoms. The van der Waals surface area contributed by atoms with Crippen LogP contribution < -0.4 is 5.32 Å². The number of hydrogen-bond donors (Lipinski definition) is 1. The van der Waals surface area contributed by atoms with Crippen LogP contribution in [0.1, 0.15) is 24.0 Å². The predicted octanol–water partition coefficient (Wildman–Crippen LogP) is 3.39. The van der Waals surface area contributed by atoms with Crippen molar-refractivity contribution in [3.8, 4) is 0 Å². The van der Waals surface area contributed by atoms with E-state index in [4.69, 9.17) is 4.74 Å². The van der Waals surface area contributed by atoms with Crippen molar-refractivity contribution in [1.29, 1.82) is 0 Å². The number of nitrogens with one attached hydrogen (secondary N) is 1. The third kappa shape index (κ3) is 5.21. The molecule has 1 unspecified atom stereocenters. The number of halogens is 2. The molecule has 0 saturated carbocycles. The van der Waals surface area contributed by atoms with Crippen molar-refractivity contribution in [1.82, 2.24) is 4.31 Å². The van der Waals surface area contributed by atoms with Crippen molar-refractivity contribution >= 4 is 21.6 Å². The van der Waals surface area contributed by atoms with E-state index >= 15 is 0 Å². The van der Waals surface area contributed by atoms with Gasteiger partial charge in [-0.2, -0.15) is 4.31 Å². The average Bonchev–Trinajstić information content (AvgIpc) is 3.17. The van der Waals surface area contributed by atoms with Crippen LogP contribution in [0.4, 0.5) is 14.5 Å². The maximum atomic E-state index is 13.6. The Morgan fingerprint density at radius 1 is 1.20 bits per heavy atom. The van der Waals surface area contributed by atoms with Gasteiger partial charge in [0.25, 0.3) is 0 Å². The van der Waals surface area contributed by atoms with Gasteiger partial charge in [0.15, 0.2) is 0 Å². The van der Waals surface area contributed by atoms with E-state index in [-0.39, 0.29) is 12.6 Å². The Bertz CT molecular complexity index is 1020. The molecule has 2 aromatic carbocycles. The van der Waals surface area contributed by atoms with Crippen LogP contribution in [0.25, 0.3) is 0 Å². The fraction of sp³-hybridized carbons (Fsp3) is 0.381. The summed E-state index contributed by atoms with van der Waals surface area (Å²) in [5.74, 6) is -2.57. The summed E-state index contributed by atoms with van der Waals surface area (Å²) in [7, 11) is -4.33. The third-order valence-corrected chi connectivity index (χ3v) is 6.89. The van der Waals surface area contributed by atoms with Crippen molar-refractivity contribution in [3.05, 3.63) is 59.2 Å². The topological polar surface area (TPSA) is 75.7 Å². The highest BCUT2D eigenvalue weighted by molar-refractivity contribution is 7.89. The van der Waals surface area contributed by atoms with Gasteiger partial charge in [0.2, 0.25) is 15.9 Å². The standard InChI is InChI=1S/C21H24F2N2O4S/c1-14-5-3-7-20(15(14)2)24-21(26)13-25(12-18-6-4-8-29-18)30(27,28)19-10-16(22)9-17(23)11-19/h3,5,7,9-11,18H,4,6,8,12-13H2,1-2H3,(H,24,26). The molecule has 1 atom stereocenters. The summed E-state index contributed by atoms with van der Waals surface area (Å²) in [6, 6.07) is 7.48. The van der Waals surface area contributed by atoms with Gasteiger partial charge < -0.3 is 10.1 Å². The summed E-state index contributed by atoms with van der Waals surface area (Å²) in [5, 5.41) is 2.72. The van der Waals surface area contributed by atoms with E-state index in [0.29, 0.717) is 24.8 Å². The van der Waals surface area contributed by atoms with E-state index in [0.717, 1.165) is 34.0 Å². The Labute approximate surface area is 174 Å². The Morgan fingerprint density at radius 3 is 2.53 bits per heavy atom. The average molecular weight is 438 g/mol. The molecule has 1 fully saturated rings. The fourth-order valence-corrected chi connectivity index (χ4v) is 4.80. The molecule has 0 aromatic heterocycles. The van der Waals surface area contributed by atoms with E-state index in [1.165, 1.54) is 0 Å². The lowest BCUT2D eigenvalue weighted by atomic mass is 10.1. The normalized spacial score (nSPS) is 16.8. The lowest BCUT2D eigenvalue weighted by Gasteiger charge is -2.24. The molecule has 1 saturated heterocycles. The number of carbonyl (C=O) groups excluding carboxylic acids is 1. The number of amides is 1. The quantitative estimate of drug-likeness (QED) is 0.719. The highest BCUT2D eigenvalue weighted by atomic mass is 32.2. The van der Waals surface area contributed by atoms with E-state index in [1.54, 1.807) is 12.1 Å². The molecule has 1 aliphatic heterocycles. The van der Waals surface area contributed by atoms with Crippen LogP contribution in [0.2, 0.25) is 0 Å². The third-order valence-electron chi connectivity index (χ3n) is 5.10. The van der Waals surface area contributed by atoms with Crippen molar-refractivity contribution in [2.24, 2.45) is 0 Å². The number of sulfonamides is 1. The largest absolute Gasteiger partial charge is 0.377 e. The summed E-state index contributed by atoms with van der Waals surface area (Å²) in [5.41, 5.74) is 2.42.